The van der Waals surface area contributed by atoms with E-state index in [1.807, 2.05) is 55.2 Å². The molecule has 0 atom stereocenters. The van der Waals surface area contributed by atoms with Crippen LogP contribution in [0.25, 0.3) is 0 Å². The monoisotopic (exact) mass is 275 g/mol. The number of likely N-dealkylation sites (tertiary alicyclic amines) is 1. The van der Waals surface area contributed by atoms with Crippen LogP contribution in [0.1, 0.15) is 23.2 Å². The molecule has 4 heteroatoms. The van der Waals surface area contributed by atoms with Crippen molar-refractivity contribution in [3.8, 4) is 0 Å². The van der Waals surface area contributed by atoms with Crippen LogP contribution in [0.5, 0.6) is 0 Å². The number of piperidine rings is 1. The third kappa shape index (κ3) is 3.31. The first kappa shape index (κ1) is 14.9. The Morgan fingerprint density at radius 1 is 1.10 bits per heavy atom. The minimum absolute atomic E-state index is 0.129. The normalized spacial score (nSPS) is 17.0. The summed E-state index contributed by atoms with van der Waals surface area (Å²) in [5.41, 5.74) is 1.89. The number of anilines is 1. The zero-order chi connectivity index (χ0) is 14.7. The van der Waals surface area contributed by atoms with E-state index in [1.54, 1.807) is 0 Å². The molecule has 0 unspecified atom stereocenters. The molecule has 0 aliphatic carbocycles. The van der Waals surface area contributed by atoms with E-state index < -0.39 is 0 Å². The topological polar surface area (TPSA) is 26.8 Å². The molecule has 0 N–H and O–H groups in total. The van der Waals surface area contributed by atoms with Gasteiger partial charge in [0, 0.05) is 38.4 Å². The van der Waals surface area contributed by atoms with Crippen LogP contribution in [0.2, 0.25) is 0 Å². The predicted molar refractivity (Wildman–Crippen MR) is 83.4 cm³/mol. The van der Waals surface area contributed by atoms with Crippen molar-refractivity contribution in [2.45, 2.75) is 18.9 Å². The van der Waals surface area contributed by atoms with Gasteiger partial charge in [-0.2, -0.15) is 0 Å². The molecular weight excluding hydrogens is 250 g/mol. The van der Waals surface area contributed by atoms with Gasteiger partial charge in [-0.15, -0.1) is 0 Å². The minimum Gasteiger partial charge on any atom is -0.378 e. The van der Waals surface area contributed by atoms with E-state index in [9.17, 15) is 4.79 Å². The third-order valence-electron chi connectivity index (χ3n) is 4.19. The van der Waals surface area contributed by atoms with Crippen LogP contribution in [0.4, 0.5) is 5.69 Å². The maximum atomic E-state index is 12.5. The largest absolute Gasteiger partial charge is 0.378 e. The van der Waals surface area contributed by atoms with Crippen molar-refractivity contribution in [3.63, 3.8) is 0 Å². The van der Waals surface area contributed by atoms with Crippen molar-refractivity contribution in [1.82, 2.24) is 9.80 Å². The number of nitrogens with zero attached hydrogens (tertiary/aromatic N) is 3. The molecule has 1 aliphatic heterocycles. The Labute approximate surface area is 122 Å². The highest BCUT2D eigenvalue weighted by atomic mass is 16.2. The Kier molecular flexibility index (Phi) is 4.65. The average Bonchev–Trinajstić information content (AvgIpc) is 2.46. The van der Waals surface area contributed by atoms with Crippen LogP contribution in [0, 0.1) is 0 Å². The van der Waals surface area contributed by atoms with Crippen LogP contribution in [-0.4, -0.2) is 63.0 Å². The first-order valence-electron chi connectivity index (χ1n) is 7.22. The zero-order valence-electron chi connectivity index (χ0n) is 13.0. The lowest BCUT2D eigenvalue weighted by molar-refractivity contribution is 0.0659. The van der Waals surface area contributed by atoms with Crippen molar-refractivity contribution >= 4 is 11.6 Å². The number of carbonyl (C=O) groups is 1. The molecule has 110 valence electrons. The zero-order valence-corrected chi connectivity index (χ0v) is 13.0. The van der Waals surface area contributed by atoms with E-state index in [-0.39, 0.29) is 5.91 Å². The van der Waals surface area contributed by atoms with Crippen LogP contribution in [0.3, 0.4) is 0 Å². The average molecular weight is 275 g/mol. The molecule has 0 bridgehead atoms. The van der Waals surface area contributed by atoms with Gasteiger partial charge in [0.25, 0.3) is 5.91 Å². The van der Waals surface area contributed by atoms with E-state index >= 15 is 0 Å². The van der Waals surface area contributed by atoms with Crippen LogP contribution >= 0.6 is 0 Å². The second kappa shape index (κ2) is 6.27. The predicted octanol–water partition coefficient (Wildman–Crippen LogP) is 1.92. The van der Waals surface area contributed by atoms with E-state index in [0.29, 0.717) is 6.04 Å². The molecule has 0 radical (unpaired) electrons. The third-order valence-corrected chi connectivity index (χ3v) is 4.19. The van der Waals surface area contributed by atoms with Gasteiger partial charge in [-0.3, -0.25) is 4.79 Å². The maximum Gasteiger partial charge on any atom is 0.253 e. The van der Waals surface area contributed by atoms with E-state index in [1.165, 1.54) is 0 Å². The molecule has 1 aliphatic rings. The number of hydrogen-bond acceptors (Lipinski definition) is 3. The fourth-order valence-electron chi connectivity index (χ4n) is 2.65. The van der Waals surface area contributed by atoms with E-state index in [2.05, 4.69) is 11.9 Å². The molecule has 4 nitrogen and oxygen atoms in total. The number of amides is 1. The Bertz CT molecular complexity index is 447. The van der Waals surface area contributed by atoms with Crippen LogP contribution in [0.15, 0.2) is 24.3 Å². The minimum atomic E-state index is 0.129. The first-order valence-corrected chi connectivity index (χ1v) is 7.22. The summed E-state index contributed by atoms with van der Waals surface area (Å²) in [5.74, 6) is 0.129. The first-order chi connectivity index (χ1) is 9.49. The van der Waals surface area contributed by atoms with Crippen LogP contribution in [-0.2, 0) is 0 Å². The van der Waals surface area contributed by atoms with Gasteiger partial charge in [-0.1, -0.05) is 0 Å². The summed E-state index contributed by atoms with van der Waals surface area (Å²) in [6, 6.07) is 8.20. The SMILES string of the molecule is CN1CCC(N(C)C(=O)c2ccc(N(C)C)cc2)CC1. The molecule has 0 aromatic heterocycles. The second-order valence-corrected chi connectivity index (χ2v) is 5.89. The highest BCUT2D eigenvalue weighted by Gasteiger charge is 2.24. The lowest BCUT2D eigenvalue weighted by atomic mass is 10.0. The molecule has 1 aromatic carbocycles. The van der Waals surface area contributed by atoms with Crippen LogP contribution < -0.4 is 4.90 Å². The van der Waals surface area contributed by atoms with Gasteiger partial charge in [0.05, 0.1) is 0 Å². The Balaban J connectivity index is 2.02. The standard InChI is InChI=1S/C16H25N3O/c1-17(2)14-7-5-13(6-8-14)16(20)19(4)15-9-11-18(3)12-10-15/h5-8,15H,9-12H2,1-4H3. The maximum absolute atomic E-state index is 12.5. The van der Waals surface area contributed by atoms with Crippen molar-refractivity contribution in [2.75, 3.05) is 46.2 Å². The molecule has 1 amide bonds. The van der Waals surface area contributed by atoms with Gasteiger partial charge in [0.15, 0.2) is 0 Å². The summed E-state index contributed by atoms with van der Waals surface area (Å²) in [6.45, 7) is 2.14. The lowest BCUT2D eigenvalue weighted by Crippen LogP contribution is -2.44. The van der Waals surface area contributed by atoms with E-state index in [4.69, 9.17) is 0 Å². The van der Waals surface area contributed by atoms with Gasteiger partial charge < -0.3 is 14.7 Å². The van der Waals surface area contributed by atoms with Gasteiger partial charge in [0.2, 0.25) is 0 Å². The molecule has 1 fully saturated rings. The summed E-state index contributed by atoms with van der Waals surface area (Å²) in [6.07, 6.45) is 2.13. The lowest BCUT2D eigenvalue weighted by Gasteiger charge is -2.35. The molecule has 20 heavy (non-hydrogen) atoms. The summed E-state index contributed by atoms with van der Waals surface area (Å²) >= 11 is 0. The van der Waals surface area contributed by atoms with Crippen molar-refractivity contribution in [3.05, 3.63) is 29.8 Å². The fourth-order valence-corrected chi connectivity index (χ4v) is 2.65. The van der Waals surface area contributed by atoms with Gasteiger partial charge in [0.1, 0.15) is 0 Å². The molecule has 2 rings (SSSR count). The quantitative estimate of drug-likeness (QED) is 0.843. The summed E-state index contributed by atoms with van der Waals surface area (Å²) in [5, 5.41) is 0. The molecule has 1 aromatic rings. The van der Waals surface area contributed by atoms with Crippen molar-refractivity contribution < 1.29 is 4.79 Å². The van der Waals surface area contributed by atoms with Crippen molar-refractivity contribution in [1.29, 1.82) is 0 Å². The van der Waals surface area contributed by atoms with E-state index in [0.717, 1.165) is 37.2 Å². The Morgan fingerprint density at radius 3 is 2.15 bits per heavy atom. The molecule has 0 saturated carbocycles. The number of hydrogen-bond donors (Lipinski definition) is 0. The molecule has 1 heterocycles. The summed E-state index contributed by atoms with van der Waals surface area (Å²) < 4.78 is 0. The summed E-state index contributed by atoms with van der Waals surface area (Å²) in [4.78, 5) is 18.8. The number of benzene rings is 1. The molecule has 1 saturated heterocycles. The van der Waals surface area contributed by atoms with Gasteiger partial charge in [-0.25, -0.2) is 0 Å². The Morgan fingerprint density at radius 2 is 1.65 bits per heavy atom. The smallest absolute Gasteiger partial charge is 0.253 e. The van der Waals surface area contributed by atoms with Crippen molar-refractivity contribution in [2.24, 2.45) is 0 Å². The molecular formula is C16H25N3O. The number of carbonyl (C=O) groups excluding carboxylic acids is 1. The molecule has 0 spiro atoms. The highest BCUT2D eigenvalue weighted by molar-refractivity contribution is 5.94. The fraction of sp³-hybridized carbons (Fsp3) is 0.562. The second-order valence-electron chi connectivity index (χ2n) is 5.89. The highest BCUT2D eigenvalue weighted by Crippen LogP contribution is 2.18. The van der Waals surface area contributed by atoms with Gasteiger partial charge >= 0.3 is 0 Å². The number of rotatable bonds is 3. The Hall–Kier alpha value is -1.55. The summed E-state index contributed by atoms with van der Waals surface area (Å²) in [7, 11) is 8.07. The van der Waals surface area contributed by atoms with Gasteiger partial charge in [-0.05, 0) is 57.2 Å².